The molecule has 4 heteroatoms. The van der Waals surface area contributed by atoms with E-state index in [2.05, 4.69) is 0 Å². The van der Waals surface area contributed by atoms with E-state index in [9.17, 15) is 4.79 Å². The van der Waals surface area contributed by atoms with E-state index in [-0.39, 0.29) is 6.61 Å². The number of esters is 1. The van der Waals surface area contributed by atoms with Crippen LogP contribution in [0.3, 0.4) is 0 Å². The average molecular weight is 333 g/mol. The molecule has 0 atom stereocenters. The normalized spacial score (nSPS) is 10.2. The van der Waals surface area contributed by atoms with E-state index in [4.69, 9.17) is 15.2 Å². The van der Waals surface area contributed by atoms with E-state index in [1.54, 1.807) is 18.2 Å². The Hall–Kier alpha value is -3.27. The Morgan fingerprint density at radius 2 is 1.40 bits per heavy atom. The summed E-state index contributed by atoms with van der Waals surface area (Å²) in [5, 5.41) is 0. The summed E-state index contributed by atoms with van der Waals surface area (Å²) in [4.78, 5) is 12.4. The van der Waals surface area contributed by atoms with E-state index in [1.165, 1.54) is 0 Å². The Bertz CT molecular complexity index is 832. The van der Waals surface area contributed by atoms with Crippen LogP contribution in [0.2, 0.25) is 0 Å². The van der Waals surface area contributed by atoms with Crippen LogP contribution in [0.15, 0.2) is 78.9 Å². The molecule has 0 saturated carbocycles. The first kappa shape index (κ1) is 16.6. The second-order valence-corrected chi connectivity index (χ2v) is 5.59. The smallest absolute Gasteiger partial charge is 0.342 e. The van der Waals surface area contributed by atoms with Crippen LogP contribution >= 0.6 is 0 Å². The molecule has 0 aromatic heterocycles. The highest BCUT2D eigenvalue weighted by molar-refractivity contribution is 5.93. The van der Waals surface area contributed by atoms with Crippen LogP contribution < -0.4 is 10.5 Å². The third-order valence-electron chi connectivity index (χ3n) is 3.68. The Morgan fingerprint density at radius 1 is 0.800 bits per heavy atom. The molecule has 0 amide bonds. The number of hydrogen-bond acceptors (Lipinski definition) is 4. The van der Waals surface area contributed by atoms with Crippen LogP contribution in [0.25, 0.3) is 0 Å². The Morgan fingerprint density at radius 3 is 2.04 bits per heavy atom. The third-order valence-corrected chi connectivity index (χ3v) is 3.68. The Labute approximate surface area is 146 Å². The first-order valence-electron chi connectivity index (χ1n) is 7.99. The lowest BCUT2D eigenvalue weighted by Crippen LogP contribution is -2.09. The van der Waals surface area contributed by atoms with Gasteiger partial charge in [-0.3, -0.25) is 0 Å². The summed E-state index contributed by atoms with van der Waals surface area (Å²) in [5.41, 5.74) is 8.66. The minimum atomic E-state index is -0.438. The van der Waals surface area contributed by atoms with Crippen molar-refractivity contribution in [3.63, 3.8) is 0 Å². The number of anilines is 1. The zero-order valence-electron chi connectivity index (χ0n) is 13.7. The van der Waals surface area contributed by atoms with Crippen molar-refractivity contribution in [1.29, 1.82) is 0 Å². The second-order valence-electron chi connectivity index (χ2n) is 5.59. The molecule has 0 spiro atoms. The van der Waals surface area contributed by atoms with Gasteiger partial charge in [-0.15, -0.1) is 0 Å². The molecule has 0 unspecified atom stereocenters. The lowest BCUT2D eigenvalue weighted by molar-refractivity contribution is 0.0467. The van der Waals surface area contributed by atoms with Crippen LogP contribution in [0.5, 0.6) is 5.75 Å². The average Bonchev–Trinajstić information content (AvgIpc) is 2.66. The molecule has 3 aromatic carbocycles. The summed E-state index contributed by atoms with van der Waals surface area (Å²) < 4.78 is 11.2. The van der Waals surface area contributed by atoms with E-state index in [1.807, 2.05) is 60.7 Å². The predicted molar refractivity (Wildman–Crippen MR) is 97.2 cm³/mol. The molecule has 25 heavy (non-hydrogen) atoms. The van der Waals surface area contributed by atoms with Crippen molar-refractivity contribution >= 4 is 11.7 Å². The maximum absolute atomic E-state index is 12.4. The fourth-order valence-electron chi connectivity index (χ4n) is 2.36. The molecule has 0 aliphatic rings. The highest BCUT2D eigenvalue weighted by Crippen LogP contribution is 2.24. The van der Waals surface area contributed by atoms with Crippen LogP contribution in [-0.2, 0) is 18.0 Å². The largest absolute Gasteiger partial charge is 0.488 e. The molecule has 0 heterocycles. The van der Waals surface area contributed by atoms with Gasteiger partial charge in [-0.05, 0) is 23.3 Å². The molecule has 0 aliphatic heterocycles. The number of ether oxygens (including phenoxy) is 2. The molecular formula is C21H19NO3. The molecule has 0 bridgehead atoms. The maximum Gasteiger partial charge on any atom is 0.342 e. The van der Waals surface area contributed by atoms with Gasteiger partial charge in [0.25, 0.3) is 0 Å². The van der Waals surface area contributed by atoms with Crippen LogP contribution in [0.1, 0.15) is 21.5 Å². The van der Waals surface area contributed by atoms with Crippen molar-refractivity contribution in [3.05, 3.63) is 95.6 Å². The zero-order chi connectivity index (χ0) is 17.5. The number of benzene rings is 3. The highest BCUT2D eigenvalue weighted by Gasteiger charge is 2.15. The first-order valence-corrected chi connectivity index (χ1v) is 7.99. The minimum absolute atomic E-state index is 0.210. The molecular weight excluding hydrogens is 314 g/mol. The number of carbonyl (C=O) groups excluding carboxylic acids is 1. The summed E-state index contributed by atoms with van der Waals surface area (Å²) in [6, 6.07) is 24.2. The highest BCUT2D eigenvalue weighted by atomic mass is 16.5. The predicted octanol–water partition coefficient (Wildman–Crippen LogP) is 4.20. The van der Waals surface area contributed by atoms with Crippen molar-refractivity contribution < 1.29 is 14.3 Å². The molecule has 3 aromatic rings. The summed E-state index contributed by atoms with van der Waals surface area (Å²) in [7, 11) is 0. The Balaban J connectivity index is 1.70. The molecule has 3 rings (SSSR count). The lowest BCUT2D eigenvalue weighted by Gasteiger charge is -2.12. The van der Waals surface area contributed by atoms with Crippen LogP contribution in [0, 0.1) is 0 Å². The number of rotatable bonds is 6. The topological polar surface area (TPSA) is 61.6 Å². The maximum atomic E-state index is 12.4. The van der Waals surface area contributed by atoms with Crippen molar-refractivity contribution in [1.82, 2.24) is 0 Å². The van der Waals surface area contributed by atoms with Gasteiger partial charge in [-0.1, -0.05) is 60.7 Å². The number of hydrogen-bond donors (Lipinski definition) is 1. The van der Waals surface area contributed by atoms with E-state index in [0.29, 0.717) is 23.6 Å². The van der Waals surface area contributed by atoms with Gasteiger partial charge in [0.2, 0.25) is 0 Å². The summed E-state index contributed by atoms with van der Waals surface area (Å²) in [5.74, 6) is -0.0196. The lowest BCUT2D eigenvalue weighted by atomic mass is 10.1. The first-order chi connectivity index (χ1) is 12.2. The molecule has 0 aliphatic carbocycles. The summed E-state index contributed by atoms with van der Waals surface area (Å²) in [6.07, 6.45) is 0. The molecule has 0 fully saturated rings. The van der Waals surface area contributed by atoms with E-state index in [0.717, 1.165) is 11.1 Å². The van der Waals surface area contributed by atoms with Gasteiger partial charge in [0.05, 0.1) is 0 Å². The molecule has 2 N–H and O–H groups in total. The van der Waals surface area contributed by atoms with E-state index >= 15 is 0 Å². The Kier molecular flexibility index (Phi) is 5.32. The molecule has 0 radical (unpaired) electrons. The van der Waals surface area contributed by atoms with Crippen LogP contribution in [-0.4, -0.2) is 5.97 Å². The second kappa shape index (κ2) is 8.02. The number of nitrogen functional groups attached to an aromatic ring is 1. The minimum Gasteiger partial charge on any atom is -0.488 e. The van der Waals surface area contributed by atoms with Gasteiger partial charge < -0.3 is 15.2 Å². The van der Waals surface area contributed by atoms with Crippen molar-refractivity contribution in [3.8, 4) is 5.75 Å². The zero-order valence-corrected chi connectivity index (χ0v) is 13.7. The van der Waals surface area contributed by atoms with Crippen molar-refractivity contribution in [2.75, 3.05) is 5.73 Å². The standard InChI is InChI=1S/C21H19NO3/c22-18-11-12-19(21(23)25-15-17-9-5-2-6-10-17)20(13-18)24-14-16-7-3-1-4-8-16/h1-13H,14-15,22H2. The summed E-state index contributed by atoms with van der Waals surface area (Å²) >= 11 is 0. The van der Waals surface area contributed by atoms with Gasteiger partial charge in [-0.25, -0.2) is 4.79 Å². The molecule has 4 nitrogen and oxygen atoms in total. The monoisotopic (exact) mass is 333 g/mol. The van der Waals surface area contributed by atoms with Crippen LogP contribution in [0.4, 0.5) is 5.69 Å². The fourth-order valence-corrected chi connectivity index (χ4v) is 2.36. The molecule has 126 valence electrons. The summed E-state index contributed by atoms with van der Waals surface area (Å²) in [6.45, 7) is 0.561. The number of nitrogens with two attached hydrogens (primary N) is 1. The fraction of sp³-hybridized carbons (Fsp3) is 0.0952. The SMILES string of the molecule is Nc1ccc(C(=O)OCc2ccccc2)c(OCc2ccccc2)c1. The van der Waals surface area contributed by atoms with Gasteiger partial charge in [-0.2, -0.15) is 0 Å². The number of carbonyl (C=O) groups is 1. The quantitative estimate of drug-likeness (QED) is 0.542. The van der Waals surface area contributed by atoms with Crippen molar-refractivity contribution in [2.24, 2.45) is 0 Å². The molecule has 0 saturated heterocycles. The van der Waals surface area contributed by atoms with Gasteiger partial charge in [0, 0.05) is 11.8 Å². The third kappa shape index (κ3) is 4.61. The van der Waals surface area contributed by atoms with E-state index < -0.39 is 5.97 Å². The van der Waals surface area contributed by atoms with Crippen molar-refractivity contribution in [2.45, 2.75) is 13.2 Å². The van der Waals surface area contributed by atoms with Gasteiger partial charge in [0.1, 0.15) is 24.5 Å². The van der Waals surface area contributed by atoms with Gasteiger partial charge in [0.15, 0.2) is 0 Å². The van der Waals surface area contributed by atoms with Gasteiger partial charge >= 0.3 is 5.97 Å².